The van der Waals surface area contributed by atoms with Crippen LogP contribution in [0.15, 0.2) is 54.6 Å². The number of nitrogens with zero attached hydrogens (tertiary/aromatic N) is 1. The second kappa shape index (κ2) is 5.31. The molecule has 3 aromatic rings. The van der Waals surface area contributed by atoms with Crippen LogP contribution in [0.1, 0.15) is 5.56 Å². The number of anilines is 1. The van der Waals surface area contributed by atoms with Crippen molar-refractivity contribution in [2.75, 3.05) is 12.8 Å². The molecule has 0 bridgehead atoms. The fourth-order valence-electron chi connectivity index (χ4n) is 2.36. The highest BCUT2D eigenvalue weighted by Crippen LogP contribution is 2.28. The number of benzene rings is 2. The van der Waals surface area contributed by atoms with Crippen LogP contribution in [-0.4, -0.2) is 12.1 Å². The summed E-state index contributed by atoms with van der Waals surface area (Å²) in [5, 5.41) is 0.972. The molecule has 2 N–H and O–H groups in total. The fourth-order valence-corrected chi connectivity index (χ4v) is 2.36. The average Bonchev–Trinajstić information content (AvgIpc) is 2.49. The van der Waals surface area contributed by atoms with Crippen LogP contribution in [0.2, 0.25) is 0 Å². The zero-order chi connectivity index (χ0) is 13.9. The van der Waals surface area contributed by atoms with Crippen molar-refractivity contribution in [2.24, 2.45) is 0 Å². The Labute approximate surface area is 118 Å². The van der Waals surface area contributed by atoms with E-state index in [4.69, 9.17) is 15.5 Å². The maximum absolute atomic E-state index is 6.18. The predicted octanol–water partition coefficient (Wildman–Crippen LogP) is 3.63. The number of aromatic nitrogens is 1. The van der Waals surface area contributed by atoms with Gasteiger partial charge >= 0.3 is 0 Å². The second-order valence-corrected chi connectivity index (χ2v) is 4.71. The highest BCUT2D eigenvalue weighted by atomic mass is 16.5. The molecule has 0 saturated carbocycles. The number of ether oxygens (including phenoxy) is 1. The van der Waals surface area contributed by atoms with Crippen molar-refractivity contribution in [3.8, 4) is 11.3 Å². The van der Waals surface area contributed by atoms with E-state index >= 15 is 0 Å². The molecule has 2 aromatic carbocycles. The van der Waals surface area contributed by atoms with Gasteiger partial charge in [0.15, 0.2) is 0 Å². The second-order valence-electron chi connectivity index (χ2n) is 4.71. The minimum Gasteiger partial charge on any atom is -0.398 e. The van der Waals surface area contributed by atoms with Crippen molar-refractivity contribution in [2.45, 2.75) is 6.61 Å². The van der Waals surface area contributed by atoms with Gasteiger partial charge in [-0.15, -0.1) is 0 Å². The van der Waals surface area contributed by atoms with Crippen LogP contribution in [0.3, 0.4) is 0 Å². The molecule has 3 rings (SSSR count). The SMILES string of the molecule is COCc1cccc2c(N)cc(-c3ccccc3)nc12. The Kier molecular flexibility index (Phi) is 3.35. The van der Waals surface area contributed by atoms with Crippen molar-refractivity contribution in [1.82, 2.24) is 4.98 Å². The van der Waals surface area contributed by atoms with Gasteiger partial charge in [0.05, 0.1) is 17.8 Å². The van der Waals surface area contributed by atoms with Crippen LogP contribution in [0.5, 0.6) is 0 Å². The van der Waals surface area contributed by atoms with Gasteiger partial charge in [-0.25, -0.2) is 4.98 Å². The van der Waals surface area contributed by atoms with Gasteiger partial charge in [0.25, 0.3) is 0 Å². The first-order chi connectivity index (χ1) is 9.79. The molecule has 0 aliphatic heterocycles. The fraction of sp³-hybridized carbons (Fsp3) is 0.118. The summed E-state index contributed by atoms with van der Waals surface area (Å²) < 4.78 is 5.24. The number of hydrogen-bond donors (Lipinski definition) is 1. The first kappa shape index (κ1) is 12.6. The molecule has 20 heavy (non-hydrogen) atoms. The number of pyridine rings is 1. The number of hydrogen-bond acceptors (Lipinski definition) is 3. The van der Waals surface area contributed by atoms with Crippen molar-refractivity contribution in [1.29, 1.82) is 0 Å². The lowest BCUT2D eigenvalue weighted by Gasteiger charge is -2.10. The summed E-state index contributed by atoms with van der Waals surface area (Å²) in [5.41, 5.74) is 10.8. The molecule has 3 nitrogen and oxygen atoms in total. The van der Waals surface area contributed by atoms with Gasteiger partial charge in [0.1, 0.15) is 0 Å². The summed E-state index contributed by atoms with van der Waals surface area (Å²) in [7, 11) is 1.68. The van der Waals surface area contributed by atoms with Crippen LogP contribution in [-0.2, 0) is 11.3 Å². The number of fused-ring (bicyclic) bond motifs is 1. The first-order valence-electron chi connectivity index (χ1n) is 6.52. The van der Waals surface area contributed by atoms with E-state index in [2.05, 4.69) is 0 Å². The molecule has 0 saturated heterocycles. The van der Waals surface area contributed by atoms with Gasteiger partial charge in [-0.3, -0.25) is 0 Å². The third kappa shape index (κ3) is 2.24. The topological polar surface area (TPSA) is 48.1 Å². The number of nitrogen functional groups attached to an aromatic ring is 1. The minimum atomic E-state index is 0.530. The maximum Gasteiger partial charge on any atom is 0.0785 e. The Balaban J connectivity index is 2.24. The molecule has 1 aromatic heterocycles. The minimum absolute atomic E-state index is 0.530. The molecule has 0 unspecified atom stereocenters. The van der Waals surface area contributed by atoms with Crippen molar-refractivity contribution in [3.05, 3.63) is 60.2 Å². The van der Waals surface area contributed by atoms with E-state index in [0.29, 0.717) is 6.61 Å². The average molecular weight is 264 g/mol. The van der Waals surface area contributed by atoms with Gasteiger partial charge in [0, 0.05) is 29.3 Å². The third-order valence-electron chi connectivity index (χ3n) is 3.32. The van der Waals surface area contributed by atoms with E-state index < -0.39 is 0 Å². The van der Waals surface area contributed by atoms with Gasteiger partial charge in [0.2, 0.25) is 0 Å². The molecular weight excluding hydrogens is 248 g/mol. The molecule has 0 fully saturated rings. The lowest BCUT2D eigenvalue weighted by atomic mass is 10.1. The number of nitrogens with two attached hydrogens (primary N) is 1. The van der Waals surface area contributed by atoms with Gasteiger partial charge < -0.3 is 10.5 Å². The highest BCUT2D eigenvalue weighted by Gasteiger charge is 2.08. The standard InChI is InChI=1S/C17H16N2O/c1-20-11-13-8-5-9-14-15(18)10-16(19-17(13)14)12-6-3-2-4-7-12/h2-10H,11H2,1H3,(H2,18,19). The van der Waals surface area contributed by atoms with Gasteiger partial charge in [-0.2, -0.15) is 0 Å². The molecule has 0 aliphatic rings. The molecule has 0 atom stereocenters. The van der Waals surface area contributed by atoms with E-state index in [1.54, 1.807) is 7.11 Å². The molecule has 1 heterocycles. The zero-order valence-corrected chi connectivity index (χ0v) is 11.3. The van der Waals surface area contributed by atoms with E-state index in [1.807, 2.05) is 54.6 Å². The van der Waals surface area contributed by atoms with Crippen molar-refractivity contribution >= 4 is 16.6 Å². The number of para-hydroxylation sites is 1. The zero-order valence-electron chi connectivity index (χ0n) is 11.3. The summed E-state index contributed by atoms with van der Waals surface area (Å²) in [6, 6.07) is 18.0. The number of methoxy groups -OCH3 is 1. The molecule has 100 valence electrons. The van der Waals surface area contributed by atoms with E-state index in [-0.39, 0.29) is 0 Å². The van der Waals surface area contributed by atoms with Gasteiger partial charge in [-0.05, 0) is 6.07 Å². The summed E-state index contributed by atoms with van der Waals surface area (Å²) in [4.78, 5) is 4.76. The van der Waals surface area contributed by atoms with Crippen LogP contribution in [0.25, 0.3) is 22.2 Å². The summed E-state index contributed by atoms with van der Waals surface area (Å²) in [6.45, 7) is 0.530. The molecule has 0 spiro atoms. The normalized spacial score (nSPS) is 10.8. The monoisotopic (exact) mass is 264 g/mol. The molecule has 0 radical (unpaired) electrons. The molecule has 0 aliphatic carbocycles. The van der Waals surface area contributed by atoms with Gasteiger partial charge in [-0.1, -0.05) is 48.5 Å². The van der Waals surface area contributed by atoms with E-state index in [9.17, 15) is 0 Å². The smallest absolute Gasteiger partial charge is 0.0785 e. The quantitative estimate of drug-likeness (QED) is 0.785. The maximum atomic E-state index is 6.18. The highest BCUT2D eigenvalue weighted by molar-refractivity contribution is 5.94. The summed E-state index contributed by atoms with van der Waals surface area (Å²) >= 11 is 0. The Morgan fingerprint density at radius 3 is 2.60 bits per heavy atom. The van der Waals surface area contributed by atoms with Crippen molar-refractivity contribution in [3.63, 3.8) is 0 Å². The number of rotatable bonds is 3. The Morgan fingerprint density at radius 1 is 1.05 bits per heavy atom. The Morgan fingerprint density at radius 2 is 1.85 bits per heavy atom. The molecule has 0 amide bonds. The van der Waals surface area contributed by atoms with Crippen LogP contribution < -0.4 is 5.73 Å². The molecular formula is C17H16N2O. The van der Waals surface area contributed by atoms with Crippen LogP contribution in [0.4, 0.5) is 5.69 Å². The van der Waals surface area contributed by atoms with E-state index in [0.717, 1.165) is 33.4 Å². The summed E-state index contributed by atoms with van der Waals surface area (Å²) in [5.74, 6) is 0. The van der Waals surface area contributed by atoms with Crippen LogP contribution in [0, 0.1) is 0 Å². The van der Waals surface area contributed by atoms with Crippen molar-refractivity contribution < 1.29 is 4.74 Å². The predicted molar refractivity (Wildman–Crippen MR) is 82.3 cm³/mol. The lowest BCUT2D eigenvalue weighted by Crippen LogP contribution is -1.97. The third-order valence-corrected chi connectivity index (χ3v) is 3.32. The Hall–Kier alpha value is -2.39. The first-order valence-corrected chi connectivity index (χ1v) is 6.52. The van der Waals surface area contributed by atoms with Crippen LogP contribution >= 0.6 is 0 Å². The Bertz CT molecular complexity index is 739. The van der Waals surface area contributed by atoms with E-state index in [1.165, 1.54) is 0 Å². The largest absolute Gasteiger partial charge is 0.398 e. The molecule has 3 heteroatoms. The summed E-state index contributed by atoms with van der Waals surface area (Å²) in [6.07, 6.45) is 0. The lowest BCUT2D eigenvalue weighted by molar-refractivity contribution is 0.186.